The van der Waals surface area contributed by atoms with Crippen LogP contribution in [0.3, 0.4) is 0 Å². The Balaban J connectivity index is 2.35. The highest BCUT2D eigenvalue weighted by atomic mass is 16.5. The summed E-state index contributed by atoms with van der Waals surface area (Å²) in [6, 6.07) is 7.27. The molecule has 112 valence electrons. The van der Waals surface area contributed by atoms with Crippen molar-refractivity contribution in [3.8, 4) is 0 Å². The molecule has 1 aromatic carbocycles. The van der Waals surface area contributed by atoms with E-state index in [4.69, 9.17) is 4.74 Å². The number of aryl methyl sites for hydroxylation is 2. The Morgan fingerprint density at radius 3 is 2.10 bits per heavy atom. The van der Waals surface area contributed by atoms with Crippen LogP contribution >= 0.6 is 0 Å². The van der Waals surface area contributed by atoms with Gasteiger partial charge >= 0.3 is 0 Å². The number of ether oxygens (including phenoxy) is 1. The second kappa shape index (κ2) is 6.28. The maximum Gasteiger partial charge on any atom is 0.0600 e. The predicted octanol–water partition coefficient (Wildman–Crippen LogP) is 4.01. The van der Waals surface area contributed by atoms with Crippen molar-refractivity contribution in [1.29, 1.82) is 0 Å². The maximum absolute atomic E-state index is 6.06. The van der Waals surface area contributed by atoms with Gasteiger partial charge in [0.15, 0.2) is 0 Å². The van der Waals surface area contributed by atoms with Crippen LogP contribution < -0.4 is 5.32 Å². The Bertz CT molecular complexity index is 436. The Kier molecular flexibility index (Phi) is 4.87. The number of benzene rings is 1. The molecule has 0 amide bonds. The molecule has 0 spiro atoms. The summed E-state index contributed by atoms with van der Waals surface area (Å²) in [7, 11) is 0. The molecule has 1 aromatic rings. The molecule has 1 aliphatic rings. The molecule has 1 aliphatic heterocycles. The molecule has 0 radical (unpaired) electrons. The molecule has 20 heavy (non-hydrogen) atoms. The minimum Gasteiger partial charge on any atom is -0.375 e. The van der Waals surface area contributed by atoms with Crippen LogP contribution in [0.15, 0.2) is 18.2 Å². The van der Waals surface area contributed by atoms with E-state index < -0.39 is 0 Å². The summed E-state index contributed by atoms with van der Waals surface area (Å²) in [6.07, 6.45) is 0.659. The molecular weight excluding hydrogens is 246 g/mol. The maximum atomic E-state index is 6.06. The number of hydrogen-bond acceptors (Lipinski definition) is 2. The minimum atomic E-state index is 0.310. The monoisotopic (exact) mass is 275 g/mol. The van der Waals surface area contributed by atoms with Gasteiger partial charge in [0.05, 0.1) is 12.2 Å². The van der Waals surface area contributed by atoms with Gasteiger partial charge in [0.2, 0.25) is 0 Å². The molecule has 2 heteroatoms. The van der Waals surface area contributed by atoms with E-state index in [2.05, 4.69) is 65.1 Å². The second-order valence-corrected chi connectivity index (χ2v) is 6.44. The van der Waals surface area contributed by atoms with Crippen molar-refractivity contribution in [2.45, 2.75) is 59.8 Å². The van der Waals surface area contributed by atoms with E-state index in [-0.39, 0.29) is 0 Å². The van der Waals surface area contributed by atoms with Crippen LogP contribution in [0.4, 0.5) is 0 Å². The summed E-state index contributed by atoms with van der Waals surface area (Å²) in [6.45, 7) is 14.3. The first-order valence-electron chi connectivity index (χ1n) is 7.91. The largest absolute Gasteiger partial charge is 0.375 e. The SMILES string of the molecule is CCNC(c1cc(C)cc(C)c1)C1C(C)OC(C)C1C. The fourth-order valence-electron chi connectivity index (χ4n) is 3.75. The molecular formula is C18H29NO. The summed E-state index contributed by atoms with van der Waals surface area (Å²) in [5.74, 6) is 1.11. The van der Waals surface area contributed by atoms with E-state index in [0.717, 1.165) is 6.54 Å². The lowest BCUT2D eigenvalue weighted by atomic mass is 9.80. The van der Waals surface area contributed by atoms with Crippen LogP contribution in [0.5, 0.6) is 0 Å². The normalized spacial score (nSPS) is 31.5. The highest BCUT2D eigenvalue weighted by molar-refractivity contribution is 5.31. The van der Waals surface area contributed by atoms with Crippen molar-refractivity contribution in [2.75, 3.05) is 6.54 Å². The van der Waals surface area contributed by atoms with E-state index in [9.17, 15) is 0 Å². The molecule has 1 heterocycles. The van der Waals surface area contributed by atoms with Gasteiger partial charge in [0, 0.05) is 12.0 Å². The van der Waals surface area contributed by atoms with Crippen LogP contribution in [0, 0.1) is 25.7 Å². The summed E-state index contributed by atoms with van der Waals surface area (Å²) in [4.78, 5) is 0. The fourth-order valence-corrected chi connectivity index (χ4v) is 3.75. The molecule has 5 unspecified atom stereocenters. The van der Waals surface area contributed by atoms with Gasteiger partial charge in [-0.3, -0.25) is 0 Å². The zero-order chi connectivity index (χ0) is 14.9. The molecule has 2 nitrogen and oxygen atoms in total. The third kappa shape index (κ3) is 3.07. The molecule has 0 aromatic heterocycles. The molecule has 0 aliphatic carbocycles. The van der Waals surface area contributed by atoms with Crippen LogP contribution in [0.2, 0.25) is 0 Å². The Labute approximate surface area is 123 Å². The first-order chi connectivity index (χ1) is 9.43. The van der Waals surface area contributed by atoms with Crippen LogP contribution in [-0.4, -0.2) is 18.8 Å². The number of nitrogens with one attached hydrogen (secondary N) is 1. The van der Waals surface area contributed by atoms with E-state index in [1.807, 2.05) is 0 Å². The number of rotatable bonds is 4. The second-order valence-electron chi connectivity index (χ2n) is 6.44. The zero-order valence-electron chi connectivity index (χ0n) is 13.7. The third-order valence-electron chi connectivity index (χ3n) is 4.73. The smallest absolute Gasteiger partial charge is 0.0600 e. The molecule has 2 rings (SSSR count). The molecule has 1 fully saturated rings. The predicted molar refractivity (Wildman–Crippen MR) is 85.0 cm³/mol. The first kappa shape index (κ1) is 15.5. The molecule has 1 saturated heterocycles. The van der Waals surface area contributed by atoms with Crippen LogP contribution in [-0.2, 0) is 4.74 Å². The molecule has 1 N–H and O–H groups in total. The summed E-state index contributed by atoms with van der Waals surface area (Å²) < 4.78 is 6.06. The van der Waals surface area contributed by atoms with Gasteiger partial charge in [0.25, 0.3) is 0 Å². The van der Waals surface area contributed by atoms with Crippen molar-refractivity contribution in [3.63, 3.8) is 0 Å². The van der Waals surface area contributed by atoms with Crippen molar-refractivity contribution in [3.05, 3.63) is 34.9 Å². The van der Waals surface area contributed by atoms with E-state index in [1.165, 1.54) is 16.7 Å². The van der Waals surface area contributed by atoms with E-state index in [1.54, 1.807) is 0 Å². The van der Waals surface area contributed by atoms with Gasteiger partial charge in [-0.05, 0) is 45.7 Å². The first-order valence-corrected chi connectivity index (χ1v) is 7.91. The van der Waals surface area contributed by atoms with Gasteiger partial charge in [-0.2, -0.15) is 0 Å². The van der Waals surface area contributed by atoms with Crippen LogP contribution in [0.1, 0.15) is 50.4 Å². The van der Waals surface area contributed by atoms with Gasteiger partial charge in [-0.1, -0.05) is 43.2 Å². The Morgan fingerprint density at radius 1 is 1.05 bits per heavy atom. The standard InChI is InChI=1S/C18H29NO/c1-7-19-18(16-9-11(2)8-12(3)10-16)17-13(4)14(5)20-15(17)6/h8-10,13-15,17-19H,7H2,1-6H3. The number of hydrogen-bond donors (Lipinski definition) is 1. The van der Waals surface area contributed by atoms with Gasteiger partial charge in [0.1, 0.15) is 0 Å². The van der Waals surface area contributed by atoms with Gasteiger partial charge < -0.3 is 10.1 Å². The topological polar surface area (TPSA) is 21.3 Å². The lowest BCUT2D eigenvalue weighted by Gasteiger charge is -2.30. The highest BCUT2D eigenvalue weighted by Crippen LogP contribution is 2.40. The average molecular weight is 275 g/mol. The average Bonchev–Trinajstić information content (AvgIpc) is 2.60. The zero-order valence-corrected chi connectivity index (χ0v) is 13.7. The van der Waals surface area contributed by atoms with Crippen molar-refractivity contribution in [1.82, 2.24) is 5.32 Å². The fraction of sp³-hybridized carbons (Fsp3) is 0.667. The highest BCUT2D eigenvalue weighted by Gasteiger charge is 2.41. The summed E-state index contributed by atoms with van der Waals surface area (Å²) >= 11 is 0. The summed E-state index contributed by atoms with van der Waals surface area (Å²) in [5.41, 5.74) is 4.09. The lowest BCUT2D eigenvalue weighted by Crippen LogP contribution is -2.35. The quantitative estimate of drug-likeness (QED) is 0.896. The summed E-state index contributed by atoms with van der Waals surface area (Å²) in [5, 5.41) is 3.70. The van der Waals surface area contributed by atoms with Crippen LogP contribution in [0.25, 0.3) is 0 Å². The molecule has 0 bridgehead atoms. The third-order valence-corrected chi connectivity index (χ3v) is 4.73. The van der Waals surface area contributed by atoms with Crippen molar-refractivity contribution < 1.29 is 4.74 Å². The van der Waals surface area contributed by atoms with Crippen molar-refractivity contribution in [2.24, 2.45) is 11.8 Å². The minimum absolute atomic E-state index is 0.310. The molecule has 0 saturated carbocycles. The van der Waals surface area contributed by atoms with Gasteiger partial charge in [-0.25, -0.2) is 0 Å². The lowest BCUT2D eigenvalue weighted by molar-refractivity contribution is 0.0475. The van der Waals surface area contributed by atoms with E-state index >= 15 is 0 Å². The van der Waals surface area contributed by atoms with E-state index in [0.29, 0.717) is 30.1 Å². The Hall–Kier alpha value is -0.860. The van der Waals surface area contributed by atoms with Crippen molar-refractivity contribution >= 4 is 0 Å². The van der Waals surface area contributed by atoms with Gasteiger partial charge in [-0.15, -0.1) is 0 Å². The Morgan fingerprint density at radius 2 is 1.65 bits per heavy atom. The molecule has 5 atom stereocenters.